The van der Waals surface area contributed by atoms with E-state index in [9.17, 15) is 0 Å². The predicted molar refractivity (Wildman–Crippen MR) is 74.6 cm³/mol. The van der Waals surface area contributed by atoms with Crippen LogP contribution in [0.3, 0.4) is 0 Å². The third-order valence-electron chi connectivity index (χ3n) is 3.59. The van der Waals surface area contributed by atoms with Crippen molar-refractivity contribution < 1.29 is 0 Å². The molecule has 2 N–H and O–H groups in total. The summed E-state index contributed by atoms with van der Waals surface area (Å²) in [5.41, 5.74) is 3.84. The highest BCUT2D eigenvalue weighted by molar-refractivity contribution is 5.32. The zero-order valence-corrected chi connectivity index (χ0v) is 11.3. The summed E-state index contributed by atoms with van der Waals surface area (Å²) in [6.45, 7) is 4.49. The van der Waals surface area contributed by atoms with Crippen LogP contribution in [0.5, 0.6) is 0 Å². The van der Waals surface area contributed by atoms with Crippen molar-refractivity contribution in [3.05, 3.63) is 53.3 Å². The Morgan fingerprint density at radius 2 is 1.83 bits per heavy atom. The summed E-state index contributed by atoms with van der Waals surface area (Å²) < 4.78 is 0. The zero-order valence-electron chi connectivity index (χ0n) is 11.3. The van der Waals surface area contributed by atoms with E-state index < -0.39 is 0 Å². The summed E-state index contributed by atoms with van der Waals surface area (Å²) in [5, 5.41) is 10.2. The molecule has 0 aliphatic carbocycles. The van der Waals surface area contributed by atoms with E-state index in [1.165, 1.54) is 17.5 Å². The SMILES string of the molecule is CCC(C)c1ccc(C(NC)c2cn[nH]c2)cc1. The number of aromatic nitrogens is 2. The van der Waals surface area contributed by atoms with Crippen LogP contribution in [0.1, 0.15) is 48.9 Å². The average molecular weight is 243 g/mol. The number of hydrogen-bond acceptors (Lipinski definition) is 2. The van der Waals surface area contributed by atoms with Gasteiger partial charge in [-0.25, -0.2) is 0 Å². The van der Waals surface area contributed by atoms with Crippen LogP contribution in [0.15, 0.2) is 36.7 Å². The van der Waals surface area contributed by atoms with Gasteiger partial charge in [0.05, 0.1) is 12.2 Å². The number of benzene rings is 1. The minimum Gasteiger partial charge on any atom is -0.309 e. The second-order valence-corrected chi connectivity index (χ2v) is 4.73. The van der Waals surface area contributed by atoms with Crippen LogP contribution in [0.4, 0.5) is 0 Å². The monoisotopic (exact) mass is 243 g/mol. The van der Waals surface area contributed by atoms with Gasteiger partial charge in [-0.2, -0.15) is 5.10 Å². The first-order chi connectivity index (χ1) is 8.76. The Bertz CT molecular complexity index is 459. The van der Waals surface area contributed by atoms with Crippen molar-refractivity contribution in [2.45, 2.75) is 32.2 Å². The number of H-pyrrole nitrogens is 1. The molecule has 96 valence electrons. The molecule has 0 aliphatic rings. The Labute approximate surface area is 109 Å². The zero-order chi connectivity index (χ0) is 13.0. The van der Waals surface area contributed by atoms with Crippen LogP contribution >= 0.6 is 0 Å². The highest BCUT2D eigenvalue weighted by Crippen LogP contribution is 2.24. The van der Waals surface area contributed by atoms with Gasteiger partial charge < -0.3 is 5.32 Å². The predicted octanol–water partition coefficient (Wildman–Crippen LogP) is 3.23. The quantitative estimate of drug-likeness (QED) is 0.846. The molecule has 0 saturated carbocycles. The highest BCUT2D eigenvalue weighted by Gasteiger charge is 2.13. The number of aromatic amines is 1. The Balaban J connectivity index is 2.22. The van der Waals surface area contributed by atoms with Crippen molar-refractivity contribution in [3.63, 3.8) is 0 Å². The molecule has 2 unspecified atom stereocenters. The van der Waals surface area contributed by atoms with Crippen molar-refractivity contribution in [2.24, 2.45) is 0 Å². The largest absolute Gasteiger partial charge is 0.309 e. The fourth-order valence-corrected chi connectivity index (χ4v) is 2.20. The number of hydrogen-bond donors (Lipinski definition) is 2. The second-order valence-electron chi connectivity index (χ2n) is 4.73. The number of rotatable bonds is 5. The van der Waals surface area contributed by atoms with Gasteiger partial charge in [0, 0.05) is 11.8 Å². The molecule has 0 aliphatic heterocycles. The third kappa shape index (κ3) is 2.62. The van der Waals surface area contributed by atoms with E-state index in [-0.39, 0.29) is 6.04 Å². The summed E-state index contributed by atoms with van der Waals surface area (Å²) in [7, 11) is 1.97. The van der Waals surface area contributed by atoms with Crippen LogP contribution < -0.4 is 5.32 Å². The smallest absolute Gasteiger partial charge is 0.0605 e. The molecule has 0 spiro atoms. The standard InChI is InChI=1S/C15H21N3/c1-4-11(2)12-5-7-13(8-6-12)15(16-3)14-9-17-18-10-14/h5-11,15-16H,4H2,1-3H3,(H,17,18). The summed E-state index contributed by atoms with van der Waals surface area (Å²) in [5.74, 6) is 0.626. The third-order valence-corrected chi connectivity index (χ3v) is 3.59. The molecule has 0 bridgehead atoms. The maximum absolute atomic E-state index is 4.01. The molecule has 0 fully saturated rings. The summed E-state index contributed by atoms with van der Waals surface area (Å²) >= 11 is 0. The van der Waals surface area contributed by atoms with E-state index in [2.05, 4.69) is 53.6 Å². The van der Waals surface area contributed by atoms with Gasteiger partial charge in [-0.15, -0.1) is 0 Å². The van der Waals surface area contributed by atoms with Gasteiger partial charge in [-0.3, -0.25) is 5.10 Å². The maximum Gasteiger partial charge on any atom is 0.0605 e. The fraction of sp³-hybridized carbons (Fsp3) is 0.400. The Hall–Kier alpha value is -1.61. The van der Waals surface area contributed by atoms with E-state index in [1.54, 1.807) is 0 Å². The average Bonchev–Trinajstić information content (AvgIpc) is 2.93. The molecular formula is C15H21N3. The number of nitrogens with zero attached hydrogens (tertiary/aromatic N) is 1. The minimum absolute atomic E-state index is 0.203. The van der Waals surface area contributed by atoms with Crippen LogP contribution in [-0.2, 0) is 0 Å². The van der Waals surface area contributed by atoms with Crippen molar-refractivity contribution in [2.75, 3.05) is 7.05 Å². The maximum atomic E-state index is 4.01. The molecule has 1 heterocycles. The van der Waals surface area contributed by atoms with Crippen molar-refractivity contribution >= 4 is 0 Å². The van der Waals surface area contributed by atoms with E-state index in [4.69, 9.17) is 0 Å². The van der Waals surface area contributed by atoms with E-state index in [0.717, 1.165) is 5.56 Å². The molecular weight excluding hydrogens is 222 g/mol. The van der Waals surface area contributed by atoms with Gasteiger partial charge in [0.1, 0.15) is 0 Å². The number of nitrogens with one attached hydrogen (secondary N) is 2. The van der Waals surface area contributed by atoms with Crippen molar-refractivity contribution in [3.8, 4) is 0 Å². The molecule has 3 heteroatoms. The van der Waals surface area contributed by atoms with E-state index in [0.29, 0.717) is 5.92 Å². The van der Waals surface area contributed by atoms with Gasteiger partial charge >= 0.3 is 0 Å². The lowest BCUT2D eigenvalue weighted by atomic mass is 9.95. The van der Waals surface area contributed by atoms with Gasteiger partial charge in [-0.05, 0) is 30.5 Å². The fourth-order valence-electron chi connectivity index (χ4n) is 2.20. The summed E-state index contributed by atoms with van der Waals surface area (Å²) in [6.07, 6.45) is 4.98. The minimum atomic E-state index is 0.203. The van der Waals surface area contributed by atoms with E-state index >= 15 is 0 Å². The molecule has 2 aromatic rings. The Morgan fingerprint density at radius 1 is 1.17 bits per heavy atom. The van der Waals surface area contributed by atoms with Gasteiger partial charge in [-0.1, -0.05) is 38.1 Å². The van der Waals surface area contributed by atoms with Crippen molar-refractivity contribution in [1.29, 1.82) is 0 Å². The first-order valence-corrected chi connectivity index (χ1v) is 6.52. The van der Waals surface area contributed by atoms with Crippen LogP contribution in [0.25, 0.3) is 0 Å². The molecule has 2 atom stereocenters. The molecule has 0 saturated heterocycles. The van der Waals surface area contributed by atoms with Gasteiger partial charge in [0.15, 0.2) is 0 Å². The summed E-state index contributed by atoms with van der Waals surface area (Å²) in [6, 6.07) is 9.07. The molecule has 3 nitrogen and oxygen atoms in total. The Morgan fingerprint density at radius 3 is 2.33 bits per heavy atom. The Kier molecular flexibility index (Phi) is 4.15. The van der Waals surface area contributed by atoms with Gasteiger partial charge in [0.25, 0.3) is 0 Å². The first kappa shape index (κ1) is 12.8. The highest BCUT2D eigenvalue weighted by atomic mass is 15.1. The van der Waals surface area contributed by atoms with Crippen LogP contribution in [-0.4, -0.2) is 17.2 Å². The first-order valence-electron chi connectivity index (χ1n) is 6.52. The summed E-state index contributed by atoms with van der Waals surface area (Å²) in [4.78, 5) is 0. The normalized spacial score (nSPS) is 14.4. The lowest BCUT2D eigenvalue weighted by Crippen LogP contribution is -2.17. The molecule has 0 amide bonds. The van der Waals surface area contributed by atoms with E-state index in [1.807, 2.05) is 19.4 Å². The van der Waals surface area contributed by atoms with Crippen molar-refractivity contribution in [1.82, 2.24) is 15.5 Å². The molecule has 18 heavy (non-hydrogen) atoms. The topological polar surface area (TPSA) is 40.7 Å². The molecule has 2 rings (SSSR count). The molecule has 1 aromatic carbocycles. The van der Waals surface area contributed by atoms with Gasteiger partial charge in [0.2, 0.25) is 0 Å². The molecule has 0 radical (unpaired) electrons. The molecule has 1 aromatic heterocycles. The lowest BCUT2D eigenvalue weighted by Gasteiger charge is -2.16. The van der Waals surface area contributed by atoms with Crippen LogP contribution in [0, 0.1) is 0 Å². The second kappa shape index (κ2) is 5.83. The van der Waals surface area contributed by atoms with Crippen LogP contribution in [0.2, 0.25) is 0 Å². The lowest BCUT2D eigenvalue weighted by molar-refractivity contribution is 0.689.